The van der Waals surface area contributed by atoms with Crippen LogP contribution >= 0.6 is 15.9 Å². The quantitative estimate of drug-likeness (QED) is 0.669. The Hall–Kier alpha value is -1.03. The third kappa shape index (κ3) is 3.96. The van der Waals surface area contributed by atoms with Gasteiger partial charge in [0.25, 0.3) is 0 Å². The van der Waals surface area contributed by atoms with Crippen LogP contribution < -0.4 is 4.74 Å². The van der Waals surface area contributed by atoms with Gasteiger partial charge in [-0.3, -0.25) is 4.98 Å². The number of hydrogen-bond donors (Lipinski definition) is 1. The number of halogens is 7. The molecule has 108 valence electrons. The zero-order valence-electron chi connectivity index (χ0n) is 8.94. The van der Waals surface area contributed by atoms with Crippen LogP contribution in [-0.4, -0.2) is 16.5 Å². The minimum atomic E-state index is -5.30. The van der Waals surface area contributed by atoms with Crippen LogP contribution in [0, 0.1) is 0 Å². The highest BCUT2D eigenvalue weighted by atomic mass is 79.9. The highest BCUT2D eigenvalue weighted by molar-refractivity contribution is 9.08. The summed E-state index contributed by atoms with van der Waals surface area (Å²) in [6, 6.07) is 0. The van der Waals surface area contributed by atoms with Crippen molar-refractivity contribution in [2.45, 2.75) is 24.5 Å². The molecule has 10 heteroatoms. The second-order valence-corrected chi connectivity index (χ2v) is 3.83. The van der Waals surface area contributed by atoms with Gasteiger partial charge in [0.2, 0.25) is 0 Å². The van der Waals surface area contributed by atoms with Crippen LogP contribution in [-0.2, 0) is 18.1 Å². The number of aliphatic hydroxyl groups excluding tert-OH is 1. The summed E-state index contributed by atoms with van der Waals surface area (Å²) in [6.45, 7) is -1.11. The smallest absolute Gasteiger partial charge is 0.403 e. The maximum atomic E-state index is 12.8. The van der Waals surface area contributed by atoms with Crippen LogP contribution in [0.2, 0.25) is 0 Å². The van der Waals surface area contributed by atoms with E-state index in [1.807, 2.05) is 0 Å². The molecule has 0 amide bonds. The Morgan fingerprint density at radius 3 is 2.16 bits per heavy atom. The Morgan fingerprint density at radius 1 is 1.21 bits per heavy atom. The summed E-state index contributed by atoms with van der Waals surface area (Å²) in [7, 11) is 0. The van der Waals surface area contributed by atoms with Gasteiger partial charge in [-0.15, -0.1) is 13.2 Å². The molecule has 0 aliphatic carbocycles. The van der Waals surface area contributed by atoms with E-state index in [0.29, 0.717) is 6.20 Å². The topological polar surface area (TPSA) is 42.4 Å². The average Bonchev–Trinajstić information content (AvgIpc) is 2.24. The lowest BCUT2D eigenvalue weighted by Gasteiger charge is -2.19. The van der Waals surface area contributed by atoms with Crippen molar-refractivity contribution in [3.05, 3.63) is 23.0 Å². The van der Waals surface area contributed by atoms with Crippen molar-refractivity contribution in [3.8, 4) is 5.75 Å². The second-order valence-electron chi connectivity index (χ2n) is 3.27. The van der Waals surface area contributed by atoms with E-state index < -0.39 is 41.7 Å². The summed E-state index contributed by atoms with van der Waals surface area (Å²) in [5, 5.41) is 8.41. The summed E-state index contributed by atoms with van der Waals surface area (Å²) < 4.78 is 78.3. The molecule has 0 aromatic carbocycles. The molecule has 0 spiro atoms. The number of rotatable bonds is 3. The average molecular weight is 354 g/mol. The maximum Gasteiger partial charge on any atom is 0.573 e. The molecular formula is C9H6BrF6NO2. The van der Waals surface area contributed by atoms with Gasteiger partial charge in [-0.25, -0.2) is 0 Å². The molecule has 1 aromatic rings. The van der Waals surface area contributed by atoms with Crippen LogP contribution in [0.25, 0.3) is 0 Å². The van der Waals surface area contributed by atoms with Crippen LogP contribution in [0.15, 0.2) is 6.20 Å². The Labute approximate surface area is 111 Å². The largest absolute Gasteiger partial charge is 0.573 e. The Bertz CT molecular complexity index is 459. The molecule has 0 saturated carbocycles. The van der Waals surface area contributed by atoms with Gasteiger partial charge in [-0.05, 0) is 0 Å². The fourth-order valence-electron chi connectivity index (χ4n) is 1.32. The van der Waals surface area contributed by atoms with E-state index in [2.05, 4.69) is 25.7 Å². The number of ether oxygens (including phenoxy) is 1. The number of pyridine rings is 1. The second kappa shape index (κ2) is 5.53. The molecule has 0 aliphatic heterocycles. The van der Waals surface area contributed by atoms with E-state index in [1.54, 1.807) is 0 Å². The summed E-state index contributed by atoms with van der Waals surface area (Å²) in [6.07, 6.45) is -9.76. The number of hydrogen-bond acceptors (Lipinski definition) is 3. The van der Waals surface area contributed by atoms with Crippen LogP contribution in [0.4, 0.5) is 26.3 Å². The molecule has 19 heavy (non-hydrogen) atoms. The maximum absolute atomic E-state index is 12.8. The lowest BCUT2D eigenvalue weighted by Crippen LogP contribution is -2.23. The van der Waals surface area contributed by atoms with Gasteiger partial charge in [-0.1, -0.05) is 15.9 Å². The number of aromatic nitrogens is 1. The molecule has 0 atom stereocenters. The fraction of sp³-hybridized carbons (Fsp3) is 0.444. The van der Waals surface area contributed by atoms with Crippen molar-refractivity contribution in [1.82, 2.24) is 4.98 Å². The highest BCUT2D eigenvalue weighted by Crippen LogP contribution is 2.42. The first-order valence-corrected chi connectivity index (χ1v) is 5.72. The summed E-state index contributed by atoms with van der Waals surface area (Å²) in [4.78, 5) is 3.39. The van der Waals surface area contributed by atoms with Crippen molar-refractivity contribution in [2.75, 3.05) is 0 Å². The van der Waals surface area contributed by atoms with Crippen molar-refractivity contribution < 1.29 is 36.2 Å². The Balaban J connectivity index is 3.53. The van der Waals surface area contributed by atoms with Crippen LogP contribution in [0.1, 0.15) is 16.8 Å². The van der Waals surface area contributed by atoms with E-state index in [4.69, 9.17) is 5.11 Å². The Morgan fingerprint density at radius 2 is 1.79 bits per heavy atom. The molecular weight excluding hydrogens is 348 g/mol. The van der Waals surface area contributed by atoms with Crippen molar-refractivity contribution >= 4 is 15.9 Å². The molecule has 1 heterocycles. The summed E-state index contributed by atoms with van der Waals surface area (Å²) in [5.74, 6) is -1.46. The molecule has 1 aromatic heterocycles. The minimum Gasteiger partial charge on any atom is -0.403 e. The van der Waals surface area contributed by atoms with Crippen LogP contribution in [0.3, 0.4) is 0 Å². The standard InChI is InChI=1S/C9H6BrF6NO2/c10-1-5-7(19-9(14,15)16)6(8(11,12)13)4(3-18)2-17-5/h2,18H,1,3H2. The molecule has 1 N–H and O–H groups in total. The van der Waals surface area contributed by atoms with Gasteiger partial charge in [0.05, 0.1) is 12.3 Å². The van der Waals surface area contributed by atoms with E-state index in [0.717, 1.165) is 0 Å². The summed E-state index contributed by atoms with van der Waals surface area (Å²) >= 11 is 2.72. The zero-order chi connectivity index (χ0) is 14.8. The molecule has 0 bridgehead atoms. The van der Waals surface area contributed by atoms with Gasteiger partial charge in [-0.2, -0.15) is 13.2 Å². The lowest BCUT2D eigenvalue weighted by molar-refractivity contribution is -0.276. The zero-order valence-corrected chi connectivity index (χ0v) is 10.5. The number of nitrogens with zero attached hydrogens (tertiary/aromatic N) is 1. The Kier molecular flexibility index (Phi) is 4.67. The first-order chi connectivity index (χ1) is 8.60. The van der Waals surface area contributed by atoms with Crippen LogP contribution in [0.5, 0.6) is 5.75 Å². The number of alkyl halides is 7. The lowest BCUT2D eigenvalue weighted by atomic mass is 10.1. The van der Waals surface area contributed by atoms with Crippen molar-refractivity contribution in [2.24, 2.45) is 0 Å². The normalized spacial score (nSPS) is 12.6. The van der Waals surface area contributed by atoms with Gasteiger partial charge < -0.3 is 9.84 Å². The third-order valence-corrected chi connectivity index (χ3v) is 2.52. The van der Waals surface area contributed by atoms with Gasteiger partial charge in [0.15, 0.2) is 5.75 Å². The predicted molar refractivity (Wildman–Crippen MR) is 54.5 cm³/mol. The minimum absolute atomic E-state index is 0.368. The van der Waals surface area contributed by atoms with Crippen molar-refractivity contribution in [3.63, 3.8) is 0 Å². The molecule has 0 unspecified atom stereocenters. The first-order valence-electron chi connectivity index (χ1n) is 4.60. The van der Waals surface area contributed by atoms with Gasteiger partial charge in [0, 0.05) is 17.1 Å². The van der Waals surface area contributed by atoms with Gasteiger partial charge in [0.1, 0.15) is 5.56 Å². The molecule has 0 radical (unpaired) electrons. The van der Waals surface area contributed by atoms with E-state index in [9.17, 15) is 26.3 Å². The van der Waals surface area contributed by atoms with Gasteiger partial charge >= 0.3 is 12.5 Å². The van der Waals surface area contributed by atoms with Crippen molar-refractivity contribution in [1.29, 1.82) is 0 Å². The molecule has 0 aliphatic rings. The number of aliphatic hydroxyl groups is 1. The first kappa shape index (κ1) is 16.0. The fourth-order valence-corrected chi connectivity index (χ4v) is 1.72. The molecule has 3 nitrogen and oxygen atoms in total. The predicted octanol–water partition coefficient (Wildman–Crippen LogP) is 3.39. The van der Waals surface area contributed by atoms with E-state index in [-0.39, 0.29) is 5.33 Å². The highest BCUT2D eigenvalue weighted by Gasteiger charge is 2.42. The monoisotopic (exact) mass is 353 g/mol. The molecule has 0 fully saturated rings. The SMILES string of the molecule is OCc1cnc(CBr)c(OC(F)(F)F)c1C(F)(F)F. The summed E-state index contributed by atoms with van der Waals surface area (Å²) in [5.41, 5.74) is -3.05. The third-order valence-electron chi connectivity index (χ3n) is 1.98. The molecule has 0 saturated heterocycles. The molecule has 1 rings (SSSR count). The van der Waals surface area contributed by atoms with E-state index >= 15 is 0 Å². The van der Waals surface area contributed by atoms with E-state index in [1.165, 1.54) is 0 Å².